The quantitative estimate of drug-likeness (QED) is 0.650. The second kappa shape index (κ2) is 7.98. The lowest BCUT2D eigenvalue weighted by molar-refractivity contribution is -0.139. The van der Waals surface area contributed by atoms with Gasteiger partial charge in [-0.05, 0) is 42.5 Å². The van der Waals surface area contributed by atoms with Gasteiger partial charge >= 0.3 is 5.97 Å². The Balaban J connectivity index is 2.17. The molecule has 12 heteroatoms. The summed E-state index contributed by atoms with van der Waals surface area (Å²) < 4.78 is 82.9. The van der Waals surface area contributed by atoms with Crippen LogP contribution >= 0.6 is 0 Å². The number of benzene rings is 2. The fraction of sp³-hybridized carbons (Fsp3) is 0.133. The van der Waals surface area contributed by atoms with Crippen LogP contribution in [0.15, 0.2) is 52.3 Å². The Morgan fingerprint density at radius 1 is 0.926 bits per heavy atom. The van der Waals surface area contributed by atoms with E-state index in [1.807, 2.05) is 4.72 Å². The molecule has 2 aromatic carbocycles. The van der Waals surface area contributed by atoms with Crippen molar-refractivity contribution in [1.82, 2.24) is 4.72 Å². The largest absolute Gasteiger partial charge is 0.468 e. The van der Waals surface area contributed by atoms with Gasteiger partial charge in [-0.25, -0.2) is 25.6 Å². The summed E-state index contributed by atoms with van der Waals surface area (Å²) in [5.41, 5.74) is -0.00773. The van der Waals surface area contributed by atoms with E-state index in [1.54, 1.807) is 0 Å². The summed E-state index contributed by atoms with van der Waals surface area (Å²) >= 11 is 0. The van der Waals surface area contributed by atoms with Crippen molar-refractivity contribution in [2.24, 2.45) is 0 Å². The first kappa shape index (κ1) is 20.7. The van der Waals surface area contributed by atoms with Crippen LogP contribution in [0.2, 0.25) is 0 Å². The van der Waals surface area contributed by atoms with Gasteiger partial charge in [-0.3, -0.25) is 9.52 Å². The lowest BCUT2D eigenvalue weighted by Gasteiger charge is -2.10. The molecule has 0 aliphatic rings. The molecule has 0 saturated heterocycles. The molecule has 2 rings (SSSR count). The molecule has 0 atom stereocenters. The molecule has 27 heavy (non-hydrogen) atoms. The molecule has 0 unspecified atom stereocenters. The number of hydrogen-bond donors (Lipinski definition) is 2. The molecule has 8 nitrogen and oxygen atoms in total. The molecule has 0 spiro atoms. The normalized spacial score (nSPS) is 11.8. The summed E-state index contributed by atoms with van der Waals surface area (Å²) in [6, 6.07) is 6.59. The van der Waals surface area contributed by atoms with E-state index in [0.29, 0.717) is 12.1 Å². The molecule has 0 bridgehead atoms. The van der Waals surface area contributed by atoms with Gasteiger partial charge in [0.15, 0.2) is 11.6 Å². The standard InChI is InChI=1S/C15H14F2N2O6S2/c1-25-15(20)9-18-26(21,22)11-4-2-10(3-5-11)19-27(23,24)12-6-7-13(16)14(17)8-12/h2-8,18-19H,9H2,1H3. The summed E-state index contributed by atoms with van der Waals surface area (Å²) in [6.07, 6.45) is 0. The van der Waals surface area contributed by atoms with Crippen molar-refractivity contribution >= 4 is 31.7 Å². The van der Waals surface area contributed by atoms with E-state index in [4.69, 9.17) is 0 Å². The monoisotopic (exact) mass is 420 g/mol. The minimum absolute atomic E-state index is 0.00773. The molecule has 146 valence electrons. The summed E-state index contributed by atoms with van der Waals surface area (Å²) in [7, 11) is -7.11. The maximum Gasteiger partial charge on any atom is 0.320 e. The molecule has 0 saturated carbocycles. The first-order chi connectivity index (χ1) is 12.5. The van der Waals surface area contributed by atoms with Crippen LogP contribution in [0, 0.1) is 11.6 Å². The van der Waals surface area contributed by atoms with Crippen molar-refractivity contribution in [3.63, 3.8) is 0 Å². The zero-order chi connectivity index (χ0) is 20.2. The number of esters is 1. The van der Waals surface area contributed by atoms with Crippen molar-refractivity contribution in [2.45, 2.75) is 9.79 Å². The number of halogens is 2. The Morgan fingerprint density at radius 2 is 1.52 bits per heavy atom. The molecule has 0 aromatic heterocycles. The third-order valence-corrected chi connectivity index (χ3v) is 6.05. The van der Waals surface area contributed by atoms with Gasteiger partial charge in [0.05, 0.1) is 16.9 Å². The van der Waals surface area contributed by atoms with Gasteiger partial charge in [-0.15, -0.1) is 0 Å². The molecular formula is C15H14F2N2O6S2. The van der Waals surface area contributed by atoms with Crippen LogP contribution in [-0.4, -0.2) is 36.5 Å². The van der Waals surface area contributed by atoms with E-state index >= 15 is 0 Å². The number of rotatable bonds is 7. The molecule has 0 aliphatic carbocycles. The highest BCUT2D eigenvalue weighted by Crippen LogP contribution is 2.20. The third kappa shape index (κ3) is 5.21. The van der Waals surface area contributed by atoms with Crippen LogP contribution in [0.1, 0.15) is 0 Å². The van der Waals surface area contributed by atoms with E-state index in [-0.39, 0.29) is 10.6 Å². The van der Waals surface area contributed by atoms with Crippen LogP contribution in [0.3, 0.4) is 0 Å². The van der Waals surface area contributed by atoms with E-state index < -0.39 is 49.1 Å². The van der Waals surface area contributed by atoms with Gasteiger partial charge in [-0.2, -0.15) is 4.72 Å². The van der Waals surface area contributed by atoms with Crippen molar-refractivity contribution < 1.29 is 35.1 Å². The van der Waals surface area contributed by atoms with Crippen molar-refractivity contribution in [3.8, 4) is 0 Å². The van der Waals surface area contributed by atoms with Gasteiger partial charge in [0.25, 0.3) is 10.0 Å². The second-order valence-corrected chi connectivity index (χ2v) is 8.56. The Kier molecular flexibility index (Phi) is 6.13. The average Bonchev–Trinajstić information content (AvgIpc) is 2.62. The second-order valence-electron chi connectivity index (χ2n) is 5.11. The van der Waals surface area contributed by atoms with E-state index in [1.165, 1.54) is 0 Å². The highest BCUT2D eigenvalue weighted by molar-refractivity contribution is 7.92. The minimum Gasteiger partial charge on any atom is -0.468 e. The Bertz CT molecular complexity index is 1050. The van der Waals surface area contributed by atoms with Crippen LogP contribution in [0.4, 0.5) is 14.5 Å². The Labute approximate surface area is 154 Å². The Morgan fingerprint density at radius 3 is 2.07 bits per heavy atom. The highest BCUT2D eigenvalue weighted by atomic mass is 32.2. The third-order valence-electron chi connectivity index (χ3n) is 3.25. The lowest BCUT2D eigenvalue weighted by Crippen LogP contribution is -2.30. The van der Waals surface area contributed by atoms with Crippen LogP contribution in [0.25, 0.3) is 0 Å². The number of nitrogens with one attached hydrogen (secondary N) is 2. The average molecular weight is 420 g/mol. The molecule has 0 heterocycles. The zero-order valence-corrected chi connectivity index (χ0v) is 15.4. The molecule has 0 amide bonds. The Hall–Kier alpha value is -2.57. The van der Waals surface area contributed by atoms with Crippen molar-refractivity contribution in [2.75, 3.05) is 18.4 Å². The first-order valence-corrected chi connectivity index (χ1v) is 10.2. The molecular weight excluding hydrogens is 406 g/mol. The van der Waals surface area contributed by atoms with Gasteiger partial charge in [-0.1, -0.05) is 0 Å². The van der Waals surface area contributed by atoms with Crippen molar-refractivity contribution in [3.05, 3.63) is 54.1 Å². The molecule has 0 radical (unpaired) electrons. The minimum atomic E-state index is -4.21. The summed E-state index contributed by atoms with van der Waals surface area (Å²) in [5.74, 6) is -3.30. The maximum absolute atomic E-state index is 13.2. The van der Waals surface area contributed by atoms with E-state index in [0.717, 1.165) is 37.4 Å². The van der Waals surface area contributed by atoms with Gasteiger partial charge in [0, 0.05) is 5.69 Å². The van der Waals surface area contributed by atoms with Crippen LogP contribution in [0.5, 0.6) is 0 Å². The molecule has 2 N–H and O–H groups in total. The SMILES string of the molecule is COC(=O)CNS(=O)(=O)c1ccc(NS(=O)(=O)c2ccc(F)c(F)c2)cc1. The van der Waals surface area contributed by atoms with Crippen molar-refractivity contribution in [1.29, 1.82) is 0 Å². The molecule has 0 fully saturated rings. The number of carbonyl (C=O) groups excluding carboxylic acids is 1. The number of carbonyl (C=O) groups is 1. The molecule has 0 aliphatic heterocycles. The number of sulfonamides is 2. The predicted molar refractivity (Wildman–Crippen MR) is 90.8 cm³/mol. The number of hydrogen-bond acceptors (Lipinski definition) is 6. The zero-order valence-electron chi connectivity index (χ0n) is 13.8. The maximum atomic E-state index is 13.2. The number of methoxy groups -OCH3 is 1. The summed E-state index contributed by atoms with van der Waals surface area (Å²) in [5, 5.41) is 0. The fourth-order valence-electron chi connectivity index (χ4n) is 1.87. The van der Waals surface area contributed by atoms with Crippen LogP contribution in [-0.2, 0) is 29.6 Å². The molecule has 2 aromatic rings. The van der Waals surface area contributed by atoms with Gasteiger partial charge in [0.2, 0.25) is 10.0 Å². The smallest absolute Gasteiger partial charge is 0.320 e. The van der Waals surface area contributed by atoms with Gasteiger partial charge in [0.1, 0.15) is 6.54 Å². The fourth-order valence-corrected chi connectivity index (χ4v) is 3.91. The number of anilines is 1. The predicted octanol–water partition coefficient (Wildman–Crippen LogP) is 1.22. The first-order valence-electron chi connectivity index (χ1n) is 7.19. The van der Waals surface area contributed by atoms with E-state index in [2.05, 4.69) is 9.46 Å². The number of ether oxygens (including phenoxy) is 1. The lowest BCUT2D eigenvalue weighted by atomic mass is 10.3. The summed E-state index contributed by atoms with van der Waals surface area (Å²) in [4.78, 5) is 10.3. The van der Waals surface area contributed by atoms with Gasteiger partial charge < -0.3 is 4.74 Å². The highest BCUT2D eigenvalue weighted by Gasteiger charge is 2.19. The summed E-state index contributed by atoms with van der Waals surface area (Å²) in [6.45, 7) is -0.566. The van der Waals surface area contributed by atoms with Crippen LogP contribution < -0.4 is 9.44 Å². The van der Waals surface area contributed by atoms with E-state index in [9.17, 15) is 30.4 Å². The topological polar surface area (TPSA) is 119 Å².